The van der Waals surface area contributed by atoms with E-state index in [2.05, 4.69) is 5.32 Å². The van der Waals surface area contributed by atoms with Crippen molar-refractivity contribution >= 4 is 18.0 Å². The molecule has 2 aromatic rings. The Labute approximate surface area is 166 Å². The Kier molecular flexibility index (Phi) is 8.28. The quantitative estimate of drug-likeness (QED) is 0.625. The number of unbranched alkanes of at least 4 members (excludes halogenated alkanes) is 1. The summed E-state index contributed by atoms with van der Waals surface area (Å²) in [6, 6.07) is 16.3. The van der Waals surface area contributed by atoms with Crippen molar-refractivity contribution in [3.63, 3.8) is 0 Å². The van der Waals surface area contributed by atoms with Crippen LogP contribution in [0.25, 0.3) is 6.08 Å². The van der Waals surface area contributed by atoms with Crippen molar-refractivity contribution in [1.82, 2.24) is 5.32 Å². The van der Waals surface area contributed by atoms with Gasteiger partial charge >= 0.3 is 6.09 Å². The molecular weight excluding hydrogens is 354 g/mol. The van der Waals surface area contributed by atoms with Gasteiger partial charge in [-0.05, 0) is 35.8 Å². The fraction of sp³-hybridized carbons (Fsp3) is 0.304. The molecule has 2 aromatic carbocycles. The number of rotatable bonds is 9. The Bertz CT molecular complexity index is 797. The second kappa shape index (κ2) is 10.9. The molecule has 0 aliphatic carbocycles. The highest BCUT2D eigenvalue weighted by molar-refractivity contribution is 6.01. The lowest BCUT2D eigenvalue weighted by Crippen LogP contribution is -2.31. The maximum atomic E-state index is 13.0. The molecule has 1 unspecified atom stereocenters. The fourth-order valence-electron chi connectivity index (χ4n) is 2.85. The average molecular weight is 381 g/mol. The number of carbonyl (C=O) groups excluding carboxylic acids is 2. The van der Waals surface area contributed by atoms with Crippen LogP contribution in [0.2, 0.25) is 0 Å². The molecule has 0 aliphatic heterocycles. The summed E-state index contributed by atoms with van der Waals surface area (Å²) >= 11 is 0. The van der Waals surface area contributed by atoms with E-state index in [0.29, 0.717) is 12.0 Å². The molecule has 1 N–H and O–H groups in total. The van der Waals surface area contributed by atoms with E-state index < -0.39 is 12.1 Å². The van der Waals surface area contributed by atoms with Crippen LogP contribution in [-0.4, -0.2) is 26.1 Å². The Hall–Kier alpha value is -3.08. The van der Waals surface area contributed by atoms with Gasteiger partial charge in [-0.15, -0.1) is 0 Å². The highest BCUT2D eigenvalue weighted by Gasteiger charge is 2.24. The molecular formula is C23H27NO4. The third-order valence-corrected chi connectivity index (χ3v) is 4.41. The van der Waals surface area contributed by atoms with E-state index in [1.807, 2.05) is 67.6 Å². The van der Waals surface area contributed by atoms with E-state index in [-0.39, 0.29) is 5.78 Å². The second-order valence-electron chi connectivity index (χ2n) is 6.38. The number of ketones is 1. The molecule has 1 atom stereocenters. The summed E-state index contributed by atoms with van der Waals surface area (Å²) < 4.78 is 9.99. The molecule has 148 valence electrons. The van der Waals surface area contributed by atoms with Crippen molar-refractivity contribution in [1.29, 1.82) is 0 Å². The number of benzene rings is 2. The zero-order valence-corrected chi connectivity index (χ0v) is 16.6. The lowest BCUT2D eigenvalue weighted by atomic mass is 9.91. The summed E-state index contributed by atoms with van der Waals surface area (Å²) in [5.41, 5.74) is 2.20. The van der Waals surface area contributed by atoms with Gasteiger partial charge in [0, 0.05) is 12.0 Å². The van der Waals surface area contributed by atoms with Gasteiger partial charge in [-0.2, -0.15) is 0 Å². The maximum absolute atomic E-state index is 13.0. The van der Waals surface area contributed by atoms with Crippen molar-refractivity contribution < 1.29 is 19.1 Å². The topological polar surface area (TPSA) is 64.6 Å². The SMILES string of the molecule is CCCCC(=O)/C(=C/c1ccc(OC)cc1)C(NC(=O)OC)c1ccccc1. The molecule has 1 amide bonds. The molecule has 0 saturated carbocycles. The Morgan fingerprint density at radius 1 is 1.04 bits per heavy atom. The van der Waals surface area contributed by atoms with Crippen molar-refractivity contribution in [3.8, 4) is 5.75 Å². The van der Waals surface area contributed by atoms with Gasteiger partial charge in [0.1, 0.15) is 5.75 Å². The summed E-state index contributed by atoms with van der Waals surface area (Å²) in [6.45, 7) is 2.04. The molecule has 0 bridgehead atoms. The first-order valence-corrected chi connectivity index (χ1v) is 9.37. The van der Waals surface area contributed by atoms with Gasteiger partial charge in [0.05, 0.1) is 20.3 Å². The number of nitrogens with one attached hydrogen (secondary N) is 1. The van der Waals surface area contributed by atoms with Gasteiger partial charge in [-0.3, -0.25) is 4.79 Å². The number of hydrogen-bond donors (Lipinski definition) is 1. The van der Waals surface area contributed by atoms with Gasteiger partial charge in [0.2, 0.25) is 0 Å². The molecule has 0 fully saturated rings. The van der Waals surface area contributed by atoms with Crippen LogP contribution in [0.4, 0.5) is 4.79 Å². The third-order valence-electron chi connectivity index (χ3n) is 4.41. The number of hydrogen-bond acceptors (Lipinski definition) is 4. The third kappa shape index (κ3) is 5.98. The molecule has 0 spiro atoms. The first kappa shape index (κ1) is 21.2. The van der Waals surface area contributed by atoms with Gasteiger partial charge in [-0.25, -0.2) is 4.79 Å². The number of carbonyl (C=O) groups is 2. The predicted molar refractivity (Wildman–Crippen MR) is 110 cm³/mol. The zero-order valence-electron chi connectivity index (χ0n) is 16.6. The minimum absolute atomic E-state index is 0.00271. The summed E-state index contributed by atoms with van der Waals surface area (Å²) in [5.74, 6) is 0.742. The zero-order chi connectivity index (χ0) is 20.4. The van der Waals surface area contributed by atoms with Crippen molar-refractivity contribution in [2.24, 2.45) is 0 Å². The van der Waals surface area contributed by atoms with E-state index in [0.717, 1.165) is 29.7 Å². The Morgan fingerprint density at radius 3 is 2.29 bits per heavy atom. The first-order chi connectivity index (χ1) is 13.6. The molecule has 0 radical (unpaired) electrons. The fourth-order valence-corrected chi connectivity index (χ4v) is 2.85. The van der Waals surface area contributed by atoms with Gasteiger partial charge < -0.3 is 14.8 Å². The lowest BCUT2D eigenvalue weighted by Gasteiger charge is -2.21. The minimum Gasteiger partial charge on any atom is -0.497 e. The summed E-state index contributed by atoms with van der Waals surface area (Å²) in [7, 11) is 2.92. The van der Waals surface area contributed by atoms with Crippen LogP contribution in [0.3, 0.4) is 0 Å². The van der Waals surface area contributed by atoms with Gasteiger partial charge in [-0.1, -0.05) is 55.8 Å². The monoisotopic (exact) mass is 381 g/mol. The minimum atomic E-state index is -0.597. The number of alkyl carbamates (subject to hydrolysis) is 1. The number of Topliss-reactive ketones (excluding diaryl/α,β-unsaturated/α-hetero) is 1. The van der Waals surface area contributed by atoms with Crippen LogP contribution in [0, 0.1) is 0 Å². The second-order valence-corrected chi connectivity index (χ2v) is 6.38. The molecule has 28 heavy (non-hydrogen) atoms. The van der Waals surface area contributed by atoms with Crippen LogP contribution in [-0.2, 0) is 9.53 Å². The molecule has 0 heterocycles. The molecule has 2 rings (SSSR count). The maximum Gasteiger partial charge on any atom is 0.407 e. The summed E-state index contributed by atoms with van der Waals surface area (Å²) in [6.07, 6.45) is 3.37. The average Bonchev–Trinajstić information content (AvgIpc) is 2.75. The van der Waals surface area contributed by atoms with Crippen molar-refractivity contribution in [2.75, 3.05) is 14.2 Å². The lowest BCUT2D eigenvalue weighted by molar-refractivity contribution is -0.115. The standard InChI is InChI=1S/C23H27NO4/c1-4-5-11-21(25)20(16-17-12-14-19(27-2)15-13-17)22(24-23(26)28-3)18-9-7-6-8-10-18/h6-10,12-16,22H,4-5,11H2,1-3H3,(H,24,26)/b20-16-. The Balaban J connectivity index is 2.49. The van der Waals surface area contributed by atoms with E-state index in [1.54, 1.807) is 7.11 Å². The summed E-state index contributed by atoms with van der Waals surface area (Å²) in [5, 5.41) is 2.81. The Morgan fingerprint density at radius 2 is 1.71 bits per heavy atom. The highest BCUT2D eigenvalue weighted by Crippen LogP contribution is 2.27. The predicted octanol–water partition coefficient (Wildman–Crippen LogP) is 4.94. The van der Waals surface area contributed by atoms with Gasteiger partial charge in [0.15, 0.2) is 5.78 Å². The van der Waals surface area contributed by atoms with Crippen LogP contribution >= 0.6 is 0 Å². The van der Waals surface area contributed by atoms with Crippen molar-refractivity contribution in [3.05, 3.63) is 71.3 Å². The first-order valence-electron chi connectivity index (χ1n) is 9.37. The normalized spacial score (nSPS) is 12.2. The van der Waals surface area contributed by atoms with Crippen LogP contribution < -0.4 is 10.1 Å². The van der Waals surface area contributed by atoms with E-state index in [1.165, 1.54) is 7.11 Å². The highest BCUT2D eigenvalue weighted by atomic mass is 16.5. The molecule has 0 aromatic heterocycles. The summed E-state index contributed by atoms with van der Waals surface area (Å²) in [4.78, 5) is 25.0. The number of methoxy groups -OCH3 is 2. The molecule has 5 heteroatoms. The van der Waals surface area contributed by atoms with E-state index >= 15 is 0 Å². The van der Waals surface area contributed by atoms with E-state index in [9.17, 15) is 9.59 Å². The largest absolute Gasteiger partial charge is 0.497 e. The van der Waals surface area contributed by atoms with Crippen LogP contribution in [0.1, 0.15) is 43.4 Å². The molecule has 5 nitrogen and oxygen atoms in total. The van der Waals surface area contributed by atoms with Crippen molar-refractivity contribution in [2.45, 2.75) is 32.2 Å². The molecule has 0 aliphatic rings. The van der Waals surface area contributed by atoms with Crippen LogP contribution in [0.15, 0.2) is 60.2 Å². The van der Waals surface area contributed by atoms with Crippen LogP contribution in [0.5, 0.6) is 5.75 Å². The number of ether oxygens (including phenoxy) is 2. The van der Waals surface area contributed by atoms with Gasteiger partial charge in [0.25, 0.3) is 0 Å². The van der Waals surface area contributed by atoms with E-state index in [4.69, 9.17) is 9.47 Å². The smallest absolute Gasteiger partial charge is 0.407 e. The molecule has 0 saturated heterocycles. The number of amides is 1.